The van der Waals surface area contributed by atoms with E-state index in [1.54, 1.807) is 16.8 Å². The van der Waals surface area contributed by atoms with Gasteiger partial charge in [-0.2, -0.15) is 0 Å². The van der Waals surface area contributed by atoms with Crippen LogP contribution >= 0.6 is 0 Å². The molecule has 1 aliphatic rings. The van der Waals surface area contributed by atoms with Gasteiger partial charge < -0.3 is 9.88 Å². The highest BCUT2D eigenvalue weighted by molar-refractivity contribution is 7.91. The van der Waals surface area contributed by atoms with E-state index in [1.165, 1.54) is 0 Å². The molecule has 0 amide bonds. The van der Waals surface area contributed by atoms with E-state index in [4.69, 9.17) is 0 Å². The van der Waals surface area contributed by atoms with Gasteiger partial charge in [-0.25, -0.2) is 8.42 Å². The summed E-state index contributed by atoms with van der Waals surface area (Å²) < 4.78 is 24.2. The van der Waals surface area contributed by atoms with Gasteiger partial charge in [0.05, 0.1) is 11.5 Å². The first-order valence-electron chi connectivity index (χ1n) is 6.07. The highest BCUT2D eigenvalue weighted by Crippen LogP contribution is 2.10. The first kappa shape index (κ1) is 13.3. The van der Waals surface area contributed by atoms with Gasteiger partial charge in [0.2, 0.25) is 0 Å². The van der Waals surface area contributed by atoms with Gasteiger partial charge in [-0.1, -0.05) is 0 Å². The lowest BCUT2D eigenvalue weighted by atomic mass is 10.2. The zero-order chi connectivity index (χ0) is 13.2. The molecule has 0 spiro atoms. The molecule has 0 bridgehead atoms. The number of rotatable bonds is 4. The molecule has 1 aliphatic heterocycles. The largest absolute Gasteiger partial charge is 0.314 e. The average molecular weight is 270 g/mol. The molecule has 1 aromatic rings. The predicted molar refractivity (Wildman–Crippen MR) is 70.5 cm³/mol. The molecule has 2 heterocycles. The Morgan fingerprint density at radius 3 is 2.89 bits per heavy atom. The lowest BCUT2D eigenvalue weighted by Crippen LogP contribution is -2.34. The Labute approximate surface area is 107 Å². The molecular formula is C12H18N2O3S. The van der Waals surface area contributed by atoms with E-state index in [9.17, 15) is 13.2 Å². The minimum Gasteiger partial charge on any atom is -0.314 e. The minimum atomic E-state index is -2.84. The third-order valence-corrected chi connectivity index (χ3v) is 4.94. The van der Waals surface area contributed by atoms with Crippen molar-refractivity contribution in [2.45, 2.75) is 25.9 Å². The van der Waals surface area contributed by atoms with Gasteiger partial charge in [0.1, 0.15) is 0 Å². The van der Waals surface area contributed by atoms with Crippen LogP contribution in [0.25, 0.3) is 0 Å². The number of sulfone groups is 1. The topological polar surface area (TPSA) is 68.2 Å². The van der Waals surface area contributed by atoms with Crippen LogP contribution in [0.15, 0.2) is 23.1 Å². The van der Waals surface area contributed by atoms with Gasteiger partial charge in [-0.15, -0.1) is 0 Å². The van der Waals surface area contributed by atoms with Gasteiger partial charge in [0, 0.05) is 31.4 Å². The zero-order valence-corrected chi connectivity index (χ0v) is 11.2. The Morgan fingerprint density at radius 1 is 1.50 bits per heavy atom. The van der Waals surface area contributed by atoms with E-state index in [0.717, 1.165) is 5.56 Å². The molecule has 6 heteroatoms. The lowest BCUT2D eigenvalue weighted by Gasteiger charge is -2.11. The first-order chi connectivity index (χ1) is 8.46. The van der Waals surface area contributed by atoms with E-state index >= 15 is 0 Å². The normalized spacial score (nSPS) is 22.2. The molecule has 0 radical (unpaired) electrons. The molecule has 100 valence electrons. The summed E-state index contributed by atoms with van der Waals surface area (Å²) in [5.74, 6) is 0.491. The van der Waals surface area contributed by atoms with Crippen LogP contribution in [0.5, 0.6) is 0 Å². The molecule has 5 nitrogen and oxygen atoms in total. The van der Waals surface area contributed by atoms with Crippen molar-refractivity contribution < 1.29 is 8.42 Å². The fraction of sp³-hybridized carbons (Fsp3) is 0.583. The Hall–Kier alpha value is -1.14. The highest BCUT2D eigenvalue weighted by atomic mass is 32.2. The van der Waals surface area contributed by atoms with Crippen molar-refractivity contribution in [2.24, 2.45) is 0 Å². The van der Waals surface area contributed by atoms with Crippen LogP contribution in [0.3, 0.4) is 0 Å². The van der Waals surface area contributed by atoms with E-state index in [0.29, 0.717) is 19.5 Å². The summed E-state index contributed by atoms with van der Waals surface area (Å²) in [6.45, 7) is 3.06. The quantitative estimate of drug-likeness (QED) is 0.832. The summed E-state index contributed by atoms with van der Waals surface area (Å²) in [5.41, 5.74) is 0.932. The maximum Gasteiger partial charge on any atom is 0.250 e. The Morgan fingerprint density at radius 2 is 2.28 bits per heavy atom. The van der Waals surface area contributed by atoms with Crippen LogP contribution in [-0.2, 0) is 16.4 Å². The second-order valence-electron chi connectivity index (χ2n) is 4.79. The van der Waals surface area contributed by atoms with Crippen LogP contribution in [0, 0.1) is 6.92 Å². The van der Waals surface area contributed by atoms with Crippen molar-refractivity contribution in [1.29, 1.82) is 0 Å². The fourth-order valence-electron chi connectivity index (χ4n) is 2.14. The minimum absolute atomic E-state index is 0.0177. The zero-order valence-electron chi connectivity index (χ0n) is 10.4. The van der Waals surface area contributed by atoms with Crippen LogP contribution < -0.4 is 10.9 Å². The van der Waals surface area contributed by atoms with Crippen molar-refractivity contribution >= 4 is 9.84 Å². The molecule has 1 atom stereocenters. The van der Waals surface area contributed by atoms with Crippen LogP contribution in [0.1, 0.15) is 12.0 Å². The Kier molecular flexibility index (Phi) is 3.87. The van der Waals surface area contributed by atoms with Gasteiger partial charge in [-0.3, -0.25) is 4.79 Å². The van der Waals surface area contributed by atoms with Crippen molar-refractivity contribution in [3.8, 4) is 0 Å². The number of hydrogen-bond acceptors (Lipinski definition) is 4. The molecule has 1 fully saturated rings. The van der Waals surface area contributed by atoms with Gasteiger partial charge in [0.25, 0.3) is 5.56 Å². The maximum absolute atomic E-state index is 11.6. The molecule has 0 saturated carbocycles. The third-order valence-electron chi connectivity index (χ3n) is 3.17. The van der Waals surface area contributed by atoms with Gasteiger partial charge in [-0.05, 0) is 25.0 Å². The fourth-order valence-corrected chi connectivity index (χ4v) is 3.84. The predicted octanol–water partition coefficient (Wildman–Crippen LogP) is -0.0666. The number of hydrogen-bond donors (Lipinski definition) is 1. The second-order valence-corrected chi connectivity index (χ2v) is 7.02. The number of aromatic nitrogens is 1. The molecular weight excluding hydrogens is 252 g/mol. The van der Waals surface area contributed by atoms with Gasteiger partial charge >= 0.3 is 0 Å². The number of nitrogens with one attached hydrogen (secondary N) is 1. The molecule has 1 saturated heterocycles. The molecule has 18 heavy (non-hydrogen) atoms. The smallest absolute Gasteiger partial charge is 0.250 e. The second kappa shape index (κ2) is 5.24. The first-order valence-corrected chi connectivity index (χ1v) is 7.89. The van der Waals surface area contributed by atoms with E-state index in [2.05, 4.69) is 5.32 Å². The van der Waals surface area contributed by atoms with Gasteiger partial charge in [0.15, 0.2) is 9.84 Å². The van der Waals surface area contributed by atoms with Crippen molar-refractivity contribution in [2.75, 3.05) is 18.1 Å². The lowest BCUT2D eigenvalue weighted by molar-refractivity contribution is 0.514. The standard InChI is InChI=1S/C12H18N2O3S/c1-10-2-5-14(12(15)8-10)6-4-13-11-3-7-18(16,17)9-11/h2,5,8,11,13H,3-4,6-7,9H2,1H3. The molecule has 0 aliphatic carbocycles. The van der Waals surface area contributed by atoms with Crippen molar-refractivity contribution in [1.82, 2.24) is 9.88 Å². The van der Waals surface area contributed by atoms with E-state index in [-0.39, 0.29) is 23.1 Å². The Bertz CT molecular complexity index is 577. The average Bonchev–Trinajstić information content (AvgIpc) is 2.61. The molecule has 0 aromatic carbocycles. The third kappa shape index (κ3) is 3.43. The molecule has 2 rings (SSSR count). The van der Waals surface area contributed by atoms with Crippen LogP contribution in [0.4, 0.5) is 0 Å². The molecule has 1 unspecified atom stereocenters. The number of pyridine rings is 1. The summed E-state index contributed by atoms with van der Waals surface area (Å²) in [5, 5.41) is 3.19. The summed E-state index contributed by atoms with van der Waals surface area (Å²) in [7, 11) is -2.84. The highest BCUT2D eigenvalue weighted by Gasteiger charge is 2.26. The van der Waals surface area contributed by atoms with Crippen LogP contribution in [-0.4, -0.2) is 37.1 Å². The van der Waals surface area contributed by atoms with Crippen molar-refractivity contribution in [3.05, 3.63) is 34.2 Å². The summed E-state index contributed by atoms with van der Waals surface area (Å²) >= 11 is 0. The Balaban J connectivity index is 1.84. The number of nitrogens with zero attached hydrogens (tertiary/aromatic N) is 1. The van der Waals surface area contributed by atoms with E-state index in [1.807, 2.05) is 13.0 Å². The monoisotopic (exact) mass is 270 g/mol. The van der Waals surface area contributed by atoms with Crippen LogP contribution in [0.2, 0.25) is 0 Å². The van der Waals surface area contributed by atoms with Crippen molar-refractivity contribution in [3.63, 3.8) is 0 Å². The summed E-state index contributed by atoms with van der Waals surface area (Å²) in [4.78, 5) is 11.6. The maximum atomic E-state index is 11.6. The molecule has 1 N–H and O–H groups in total. The summed E-state index contributed by atoms with van der Waals surface area (Å²) in [6, 6.07) is 3.53. The number of aryl methyl sites for hydroxylation is 1. The SMILES string of the molecule is Cc1ccn(CCNC2CCS(=O)(=O)C2)c(=O)c1. The summed E-state index contributed by atoms with van der Waals surface area (Å²) in [6.07, 6.45) is 2.44. The molecule has 1 aromatic heterocycles. The van der Waals surface area contributed by atoms with E-state index < -0.39 is 9.84 Å².